The second-order valence-corrected chi connectivity index (χ2v) is 4.92. The molecule has 0 saturated heterocycles. The fourth-order valence-electron chi connectivity index (χ4n) is 2.22. The van der Waals surface area contributed by atoms with E-state index in [2.05, 4.69) is 0 Å². The lowest BCUT2D eigenvalue weighted by Crippen LogP contribution is -2.28. The van der Waals surface area contributed by atoms with Crippen molar-refractivity contribution < 1.29 is 17.9 Å². The first-order chi connectivity index (χ1) is 9.95. The predicted octanol–water partition coefficient (Wildman–Crippen LogP) is 4.58. The Morgan fingerprint density at radius 2 is 1.81 bits per heavy atom. The maximum absolute atomic E-state index is 12.9. The number of nitrogens with two attached hydrogens (primary N) is 1. The van der Waals surface area contributed by atoms with Gasteiger partial charge in [0.25, 0.3) is 0 Å². The molecule has 0 radical (unpaired) electrons. The molecule has 0 aliphatic rings. The molecule has 2 aromatic rings. The van der Waals surface area contributed by atoms with Crippen LogP contribution in [0.25, 0.3) is 10.8 Å². The fourth-order valence-corrected chi connectivity index (χ4v) is 2.22. The molecular weight excluding hydrogens is 279 g/mol. The highest BCUT2D eigenvalue weighted by Gasteiger charge is 2.39. The third-order valence-corrected chi connectivity index (χ3v) is 3.34. The van der Waals surface area contributed by atoms with E-state index in [0.29, 0.717) is 23.1 Å². The molecule has 2 N–H and O–H groups in total. The van der Waals surface area contributed by atoms with Gasteiger partial charge in [-0.05, 0) is 23.4 Å². The van der Waals surface area contributed by atoms with Gasteiger partial charge in [0, 0.05) is 5.39 Å². The van der Waals surface area contributed by atoms with Crippen LogP contribution in [-0.4, -0.2) is 12.8 Å². The fraction of sp³-hybridized carbons (Fsp3) is 0.375. The van der Waals surface area contributed by atoms with Crippen LogP contribution in [0.4, 0.5) is 13.2 Å². The molecule has 0 heterocycles. The molecule has 0 saturated carbocycles. The number of ether oxygens (including phenoxy) is 1. The van der Waals surface area contributed by atoms with Gasteiger partial charge in [-0.3, -0.25) is 0 Å². The van der Waals surface area contributed by atoms with E-state index in [1.165, 1.54) is 6.07 Å². The average Bonchev–Trinajstić information content (AvgIpc) is 2.45. The number of benzene rings is 2. The van der Waals surface area contributed by atoms with Gasteiger partial charge in [-0.1, -0.05) is 43.7 Å². The molecule has 0 aliphatic heterocycles. The van der Waals surface area contributed by atoms with E-state index in [-0.39, 0.29) is 5.56 Å². The zero-order chi connectivity index (χ0) is 15.5. The van der Waals surface area contributed by atoms with Gasteiger partial charge in [-0.2, -0.15) is 13.2 Å². The number of fused-ring (bicyclic) bond motifs is 1. The minimum Gasteiger partial charge on any atom is -0.493 e. The quantitative estimate of drug-likeness (QED) is 0.820. The normalized spacial score (nSPS) is 13.4. The topological polar surface area (TPSA) is 35.2 Å². The van der Waals surface area contributed by atoms with Crippen LogP contribution < -0.4 is 10.5 Å². The number of hydrogen-bond acceptors (Lipinski definition) is 2. The number of halogens is 3. The van der Waals surface area contributed by atoms with Crippen molar-refractivity contribution >= 4 is 10.8 Å². The highest BCUT2D eigenvalue weighted by atomic mass is 19.4. The summed E-state index contributed by atoms with van der Waals surface area (Å²) < 4.78 is 44.4. The first-order valence-electron chi connectivity index (χ1n) is 6.92. The van der Waals surface area contributed by atoms with E-state index in [1.807, 2.05) is 6.92 Å². The third-order valence-electron chi connectivity index (χ3n) is 3.34. The van der Waals surface area contributed by atoms with E-state index in [4.69, 9.17) is 10.5 Å². The summed E-state index contributed by atoms with van der Waals surface area (Å²) in [6.45, 7) is 2.50. The van der Waals surface area contributed by atoms with Crippen molar-refractivity contribution in [3.8, 4) is 5.75 Å². The molecule has 2 aromatic carbocycles. The summed E-state index contributed by atoms with van der Waals surface area (Å²) in [5.41, 5.74) is 5.43. The number of unbranched alkanes of at least 4 members (excludes halogenated alkanes) is 1. The molecule has 0 aromatic heterocycles. The lowest BCUT2D eigenvalue weighted by molar-refractivity contribution is -0.148. The van der Waals surface area contributed by atoms with E-state index >= 15 is 0 Å². The summed E-state index contributed by atoms with van der Waals surface area (Å²) in [7, 11) is 0. The summed E-state index contributed by atoms with van der Waals surface area (Å²) in [5.74, 6) is 0.455. The zero-order valence-corrected chi connectivity index (χ0v) is 11.8. The van der Waals surface area contributed by atoms with E-state index in [0.717, 1.165) is 12.8 Å². The summed E-state index contributed by atoms with van der Waals surface area (Å²) in [4.78, 5) is 0. The van der Waals surface area contributed by atoms with Crippen molar-refractivity contribution in [3.05, 3.63) is 42.0 Å². The Balaban J connectivity index is 2.50. The Bertz CT molecular complexity index is 605. The third kappa shape index (κ3) is 3.47. The molecule has 21 heavy (non-hydrogen) atoms. The molecule has 0 bridgehead atoms. The molecule has 5 heteroatoms. The van der Waals surface area contributed by atoms with Crippen LogP contribution in [0.3, 0.4) is 0 Å². The van der Waals surface area contributed by atoms with E-state index in [9.17, 15) is 13.2 Å². The first-order valence-corrected chi connectivity index (χ1v) is 6.92. The van der Waals surface area contributed by atoms with Gasteiger partial charge in [0.05, 0.1) is 6.61 Å². The van der Waals surface area contributed by atoms with Crippen LogP contribution in [0, 0.1) is 0 Å². The highest BCUT2D eigenvalue weighted by Crippen LogP contribution is 2.38. The maximum Gasteiger partial charge on any atom is 0.407 e. The van der Waals surface area contributed by atoms with Crippen LogP contribution >= 0.6 is 0 Å². The largest absolute Gasteiger partial charge is 0.493 e. The van der Waals surface area contributed by atoms with Gasteiger partial charge in [-0.15, -0.1) is 0 Å². The van der Waals surface area contributed by atoms with Gasteiger partial charge < -0.3 is 10.5 Å². The minimum absolute atomic E-state index is 0.0482. The smallest absolute Gasteiger partial charge is 0.407 e. The van der Waals surface area contributed by atoms with E-state index < -0.39 is 12.2 Å². The Morgan fingerprint density at radius 3 is 2.43 bits per heavy atom. The van der Waals surface area contributed by atoms with Crippen LogP contribution in [0.1, 0.15) is 31.4 Å². The molecular formula is C16H18F3NO. The van der Waals surface area contributed by atoms with Crippen LogP contribution in [0.15, 0.2) is 36.4 Å². The SMILES string of the molecule is CCCCOc1cccc2cccc([C@H](N)C(F)(F)F)c12. The van der Waals surface area contributed by atoms with Crippen molar-refractivity contribution in [3.63, 3.8) is 0 Å². The Morgan fingerprint density at radius 1 is 1.14 bits per heavy atom. The van der Waals surface area contributed by atoms with Gasteiger partial charge in [0.15, 0.2) is 0 Å². The van der Waals surface area contributed by atoms with Crippen LogP contribution in [0.5, 0.6) is 5.75 Å². The van der Waals surface area contributed by atoms with Crippen molar-refractivity contribution in [2.45, 2.75) is 32.0 Å². The van der Waals surface area contributed by atoms with Crippen LogP contribution in [-0.2, 0) is 0 Å². The van der Waals surface area contributed by atoms with Gasteiger partial charge in [-0.25, -0.2) is 0 Å². The summed E-state index contributed by atoms with van der Waals surface area (Å²) in [6, 6.07) is 7.95. The average molecular weight is 297 g/mol. The van der Waals surface area contributed by atoms with Crippen LogP contribution in [0.2, 0.25) is 0 Å². The monoisotopic (exact) mass is 297 g/mol. The van der Waals surface area contributed by atoms with E-state index in [1.54, 1.807) is 30.3 Å². The maximum atomic E-state index is 12.9. The van der Waals surface area contributed by atoms with Crippen molar-refractivity contribution in [1.29, 1.82) is 0 Å². The van der Waals surface area contributed by atoms with Gasteiger partial charge >= 0.3 is 6.18 Å². The molecule has 2 nitrogen and oxygen atoms in total. The number of rotatable bonds is 5. The van der Waals surface area contributed by atoms with Crippen molar-refractivity contribution in [2.75, 3.05) is 6.61 Å². The zero-order valence-electron chi connectivity index (χ0n) is 11.8. The lowest BCUT2D eigenvalue weighted by atomic mass is 9.98. The molecule has 1 atom stereocenters. The molecule has 0 unspecified atom stereocenters. The molecule has 0 spiro atoms. The molecule has 114 valence electrons. The first kappa shape index (κ1) is 15.6. The molecule has 2 rings (SSSR count). The standard InChI is InChI=1S/C16H18F3NO/c1-2-3-10-21-13-9-5-7-11-6-4-8-12(14(11)13)15(20)16(17,18)19/h4-9,15H,2-3,10,20H2,1H3/t15-/m0/s1. The molecule has 0 fully saturated rings. The highest BCUT2D eigenvalue weighted by molar-refractivity contribution is 5.91. The summed E-state index contributed by atoms with van der Waals surface area (Å²) in [6.07, 6.45) is -2.67. The van der Waals surface area contributed by atoms with Gasteiger partial charge in [0.2, 0.25) is 0 Å². The number of alkyl halides is 3. The lowest BCUT2D eigenvalue weighted by Gasteiger charge is -2.19. The number of hydrogen-bond donors (Lipinski definition) is 1. The Kier molecular flexibility index (Phi) is 4.73. The summed E-state index contributed by atoms with van der Waals surface area (Å²) in [5, 5.41) is 1.14. The predicted molar refractivity (Wildman–Crippen MR) is 77.3 cm³/mol. The Labute approximate surface area is 121 Å². The molecule has 0 aliphatic carbocycles. The molecule has 0 amide bonds. The van der Waals surface area contributed by atoms with Crippen molar-refractivity contribution in [2.24, 2.45) is 5.73 Å². The van der Waals surface area contributed by atoms with Crippen molar-refractivity contribution in [1.82, 2.24) is 0 Å². The van der Waals surface area contributed by atoms with Gasteiger partial charge in [0.1, 0.15) is 11.8 Å². The minimum atomic E-state index is -4.48. The summed E-state index contributed by atoms with van der Waals surface area (Å²) >= 11 is 0. The Hall–Kier alpha value is -1.75. The second kappa shape index (κ2) is 6.35. The second-order valence-electron chi connectivity index (χ2n) is 4.92.